The van der Waals surface area contributed by atoms with Crippen LogP contribution in [0.5, 0.6) is 5.75 Å². The molecule has 1 amide bonds. The monoisotopic (exact) mass is 459 g/mol. The lowest BCUT2D eigenvalue weighted by Crippen LogP contribution is -2.14. The zero-order chi connectivity index (χ0) is 23.1. The number of amides is 1. The van der Waals surface area contributed by atoms with E-state index in [-0.39, 0.29) is 27.7 Å². The minimum absolute atomic E-state index is 0.102. The molecule has 3 aromatic rings. The van der Waals surface area contributed by atoms with E-state index in [4.69, 9.17) is 4.74 Å². The number of nitrogens with zero attached hydrogens (tertiary/aromatic N) is 3. The molecule has 0 unspecified atom stereocenters. The molecule has 0 atom stereocenters. The summed E-state index contributed by atoms with van der Waals surface area (Å²) in [7, 11) is 1.39. The minimum atomic E-state index is -0.589. The molecule has 1 aliphatic rings. The maximum atomic E-state index is 14.8. The summed E-state index contributed by atoms with van der Waals surface area (Å²) in [6.45, 7) is 3.25. The molecule has 4 rings (SSSR count). The molecule has 3 heterocycles. The van der Waals surface area contributed by atoms with Crippen LogP contribution >= 0.6 is 11.3 Å². The quantitative estimate of drug-likeness (QED) is 0.588. The Morgan fingerprint density at radius 2 is 1.78 bits per heavy atom. The number of H-pyrrole nitrogens is 1. The van der Waals surface area contributed by atoms with E-state index in [1.54, 1.807) is 13.0 Å². The highest BCUT2D eigenvalue weighted by molar-refractivity contribution is 7.13. The largest absolute Gasteiger partial charge is 0.494 e. The Morgan fingerprint density at radius 1 is 1.12 bits per heavy atom. The molecule has 8 nitrogen and oxygen atoms in total. The first-order valence-electron chi connectivity index (χ1n) is 10.4. The van der Waals surface area contributed by atoms with Gasteiger partial charge in [0.05, 0.1) is 30.1 Å². The van der Waals surface area contributed by atoms with Crippen molar-refractivity contribution in [3.63, 3.8) is 0 Å². The second-order valence-electron chi connectivity index (χ2n) is 7.47. The van der Waals surface area contributed by atoms with Crippen LogP contribution in [0.3, 0.4) is 0 Å². The zero-order valence-corrected chi connectivity index (χ0v) is 19.1. The van der Waals surface area contributed by atoms with Crippen LogP contribution < -0.4 is 14.9 Å². The number of hydrogen-bond donors (Lipinski definition) is 2. The number of aromatic amines is 1. The van der Waals surface area contributed by atoms with Crippen molar-refractivity contribution in [1.82, 2.24) is 20.2 Å². The number of methoxy groups -OCH3 is 1. The van der Waals surface area contributed by atoms with Crippen LogP contribution in [0.15, 0.2) is 23.3 Å². The van der Waals surface area contributed by atoms with Crippen LogP contribution in [0, 0.1) is 19.7 Å². The summed E-state index contributed by atoms with van der Waals surface area (Å²) in [5, 5.41) is 8.50. The highest BCUT2D eigenvalue weighted by Gasteiger charge is 2.22. The number of ether oxygens (including phenoxy) is 1. The number of aryl methyl sites for hydroxylation is 2. The molecule has 2 N–H and O–H groups in total. The first-order valence-corrected chi connectivity index (χ1v) is 11.2. The predicted molar refractivity (Wildman–Crippen MR) is 122 cm³/mol. The summed E-state index contributed by atoms with van der Waals surface area (Å²) in [5.74, 6) is -0.975. The lowest BCUT2D eigenvalue weighted by molar-refractivity contribution is 0.102. The van der Waals surface area contributed by atoms with Gasteiger partial charge < -0.3 is 4.74 Å². The van der Waals surface area contributed by atoms with Crippen LogP contribution in [0.25, 0.3) is 11.1 Å². The van der Waals surface area contributed by atoms with Crippen LogP contribution in [0.4, 0.5) is 9.52 Å². The molecule has 3 aromatic heterocycles. The lowest BCUT2D eigenvalue weighted by Gasteiger charge is -2.14. The smallest absolute Gasteiger partial charge is 0.324 e. The molecule has 0 spiro atoms. The van der Waals surface area contributed by atoms with E-state index >= 15 is 0 Å². The number of carbonyl (C=O) groups excluding carboxylic acids is 1. The SMILES string of the molecule is C1CCCCC1.COc1cnc(C)c(F)c1-c1cc(C)ncc1C(=O)Nc1n[nH]c(=O)s1. The Morgan fingerprint density at radius 3 is 2.34 bits per heavy atom. The van der Waals surface area contributed by atoms with E-state index in [0.29, 0.717) is 11.3 Å². The van der Waals surface area contributed by atoms with Gasteiger partial charge >= 0.3 is 4.87 Å². The Balaban J connectivity index is 0.000000416. The van der Waals surface area contributed by atoms with Crippen molar-refractivity contribution in [2.75, 3.05) is 12.4 Å². The summed E-state index contributed by atoms with van der Waals surface area (Å²) < 4.78 is 20.0. The minimum Gasteiger partial charge on any atom is -0.494 e. The summed E-state index contributed by atoms with van der Waals surface area (Å²) in [6, 6.07) is 1.59. The Hall–Kier alpha value is -3.14. The van der Waals surface area contributed by atoms with Crippen molar-refractivity contribution in [2.24, 2.45) is 0 Å². The van der Waals surface area contributed by atoms with Gasteiger partial charge in [-0.3, -0.25) is 24.9 Å². The number of aromatic nitrogens is 4. The molecule has 1 aliphatic carbocycles. The molecular weight excluding hydrogens is 433 g/mol. The lowest BCUT2D eigenvalue weighted by atomic mass is 9.99. The topological polar surface area (TPSA) is 110 Å². The average Bonchev–Trinajstić information content (AvgIpc) is 3.21. The van der Waals surface area contributed by atoms with Gasteiger partial charge in [-0.15, -0.1) is 5.10 Å². The van der Waals surface area contributed by atoms with E-state index in [0.717, 1.165) is 11.3 Å². The van der Waals surface area contributed by atoms with Gasteiger partial charge in [0.1, 0.15) is 5.75 Å². The van der Waals surface area contributed by atoms with E-state index in [1.165, 1.54) is 65.0 Å². The fraction of sp³-hybridized carbons (Fsp3) is 0.409. The van der Waals surface area contributed by atoms with Gasteiger partial charge in [-0.05, 0) is 31.3 Å². The molecule has 0 aliphatic heterocycles. The van der Waals surface area contributed by atoms with Crippen molar-refractivity contribution < 1.29 is 13.9 Å². The predicted octanol–water partition coefficient (Wildman–Crippen LogP) is 4.65. The molecule has 0 aromatic carbocycles. The Labute approximate surface area is 189 Å². The number of halogens is 1. The first kappa shape index (κ1) is 23.5. The molecule has 10 heteroatoms. The van der Waals surface area contributed by atoms with Crippen LogP contribution in [-0.2, 0) is 0 Å². The average molecular weight is 460 g/mol. The molecular formula is C22H26FN5O3S. The van der Waals surface area contributed by atoms with Gasteiger partial charge in [0.15, 0.2) is 5.82 Å². The number of rotatable bonds is 4. The first-order chi connectivity index (χ1) is 15.4. The zero-order valence-electron chi connectivity index (χ0n) is 18.3. The molecule has 0 bridgehead atoms. The third-order valence-corrected chi connectivity index (χ3v) is 5.76. The van der Waals surface area contributed by atoms with Crippen molar-refractivity contribution in [3.8, 4) is 16.9 Å². The second-order valence-corrected chi connectivity index (χ2v) is 8.43. The maximum absolute atomic E-state index is 14.8. The highest BCUT2D eigenvalue weighted by Crippen LogP contribution is 2.35. The van der Waals surface area contributed by atoms with Crippen LogP contribution in [0.1, 0.15) is 60.3 Å². The van der Waals surface area contributed by atoms with Crippen molar-refractivity contribution >= 4 is 22.4 Å². The maximum Gasteiger partial charge on any atom is 0.324 e. The summed E-state index contributed by atoms with van der Waals surface area (Å²) >= 11 is 0.745. The van der Waals surface area contributed by atoms with Gasteiger partial charge in [-0.1, -0.05) is 38.5 Å². The van der Waals surface area contributed by atoms with Crippen molar-refractivity contribution in [3.05, 3.63) is 50.9 Å². The number of anilines is 1. The Bertz CT molecular complexity index is 1130. The number of carbonyl (C=O) groups is 1. The number of hydrogen-bond acceptors (Lipinski definition) is 7. The number of nitrogens with one attached hydrogen (secondary N) is 2. The van der Waals surface area contributed by atoms with Gasteiger partial charge in [0.25, 0.3) is 5.91 Å². The Kier molecular flexibility index (Phi) is 8.04. The normalized spacial score (nSPS) is 13.1. The fourth-order valence-corrected chi connectivity index (χ4v) is 3.93. The molecule has 0 saturated heterocycles. The van der Waals surface area contributed by atoms with E-state index < -0.39 is 16.6 Å². The van der Waals surface area contributed by atoms with E-state index in [2.05, 4.69) is 25.5 Å². The van der Waals surface area contributed by atoms with Crippen molar-refractivity contribution in [1.29, 1.82) is 0 Å². The van der Waals surface area contributed by atoms with Gasteiger partial charge in [0.2, 0.25) is 5.13 Å². The fourth-order valence-electron chi connectivity index (χ4n) is 3.43. The van der Waals surface area contributed by atoms with E-state index in [1.807, 2.05) is 0 Å². The van der Waals surface area contributed by atoms with Crippen molar-refractivity contribution in [2.45, 2.75) is 52.4 Å². The second kappa shape index (κ2) is 10.9. The third kappa shape index (κ3) is 5.76. The standard InChI is InChI=1S/C16H14FN5O3S.C6H12/c1-7-4-9(12-11(25-3)6-19-8(2)13(12)17)10(5-18-7)14(23)20-15-21-22-16(24)26-15;1-2-4-6-5-3-1/h4-6H,1-3H3,(H,22,24)(H,20,21,23);1-6H2. The molecule has 0 radical (unpaired) electrons. The van der Waals surface area contributed by atoms with Gasteiger partial charge in [0, 0.05) is 17.5 Å². The van der Waals surface area contributed by atoms with Crippen LogP contribution in [0.2, 0.25) is 0 Å². The molecule has 1 saturated carbocycles. The number of pyridine rings is 2. The molecule has 1 fully saturated rings. The summed E-state index contributed by atoms with van der Waals surface area (Å²) in [6.07, 6.45) is 11.7. The van der Waals surface area contributed by atoms with Crippen LogP contribution in [-0.4, -0.2) is 33.2 Å². The summed E-state index contributed by atoms with van der Waals surface area (Å²) in [4.78, 5) is 31.5. The van der Waals surface area contributed by atoms with E-state index in [9.17, 15) is 14.0 Å². The van der Waals surface area contributed by atoms with Gasteiger partial charge in [-0.25, -0.2) is 9.49 Å². The van der Waals surface area contributed by atoms with Gasteiger partial charge in [-0.2, -0.15) is 0 Å². The molecule has 170 valence electrons. The third-order valence-electron chi connectivity index (χ3n) is 5.09. The molecule has 32 heavy (non-hydrogen) atoms. The summed E-state index contributed by atoms with van der Waals surface area (Å²) in [5.41, 5.74) is 1.30. The highest BCUT2D eigenvalue weighted by atomic mass is 32.1.